The number of benzene rings is 1. The molecule has 3 atom stereocenters. The van der Waals surface area contributed by atoms with Crippen molar-refractivity contribution in [1.29, 1.82) is 5.26 Å². The highest BCUT2D eigenvalue weighted by atomic mass is 19.4. The van der Waals surface area contributed by atoms with Gasteiger partial charge in [-0.15, -0.1) is 0 Å². The molecule has 21 heavy (non-hydrogen) atoms. The number of nitriles is 1. The summed E-state index contributed by atoms with van der Waals surface area (Å²) in [7, 11) is 0. The third-order valence-corrected chi connectivity index (χ3v) is 4.23. The summed E-state index contributed by atoms with van der Waals surface area (Å²) >= 11 is 0. The monoisotopic (exact) mass is 298 g/mol. The van der Waals surface area contributed by atoms with Crippen LogP contribution in [0.15, 0.2) is 18.2 Å². The molecule has 1 aliphatic heterocycles. The Bertz CT molecular complexity index is 590. The van der Waals surface area contributed by atoms with E-state index in [-0.39, 0.29) is 12.1 Å². The third kappa shape index (κ3) is 2.70. The van der Waals surface area contributed by atoms with E-state index in [4.69, 9.17) is 5.26 Å². The van der Waals surface area contributed by atoms with Gasteiger partial charge in [0.15, 0.2) is 0 Å². The summed E-state index contributed by atoms with van der Waals surface area (Å²) in [4.78, 5) is 1.77. The van der Waals surface area contributed by atoms with Crippen molar-refractivity contribution in [3.63, 3.8) is 0 Å². The van der Waals surface area contributed by atoms with Gasteiger partial charge in [0.1, 0.15) is 0 Å². The van der Waals surface area contributed by atoms with E-state index in [9.17, 15) is 18.3 Å². The SMILES string of the molecule is C[C@@H]1C[C@](C)(O)[C@H](C)N1c1ccc(C#N)c(C(F)(F)F)c1. The van der Waals surface area contributed by atoms with Crippen molar-refractivity contribution in [2.75, 3.05) is 4.90 Å². The van der Waals surface area contributed by atoms with Crippen LogP contribution < -0.4 is 4.90 Å². The van der Waals surface area contributed by atoms with Crippen molar-refractivity contribution < 1.29 is 18.3 Å². The summed E-state index contributed by atoms with van der Waals surface area (Å²) in [5, 5.41) is 19.1. The molecule has 1 fully saturated rings. The van der Waals surface area contributed by atoms with Gasteiger partial charge in [-0.1, -0.05) is 0 Å². The van der Waals surface area contributed by atoms with Crippen LogP contribution in [0.4, 0.5) is 18.9 Å². The molecule has 3 nitrogen and oxygen atoms in total. The fourth-order valence-corrected chi connectivity index (χ4v) is 3.05. The van der Waals surface area contributed by atoms with Crippen molar-refractivity contribution in [2.24, 2.45) is 0 Å². The fourth-order valence-electron chi connectivity index (χ4n) is 3.05. The van der Waals surface area contributed by atoms with Crippen LogP contribution in [-0.4, -0.2) is 22.8 Å². The Kier molecular flexibility index (Phi) is 3.66. The van der Waals surface area contributed by atoms with Crippen LogP contribution in [0.2, 0.25) is 0 Å². The minimum Gasteiger partial charge on any atom is -0.388 e. The highest BCUT2D eigenvalue weighted by Gasteiger charge is 2.44. The fraction of sp³-hybridized carbons (Fsp3) is 0.533. The Morgan fingerprint density at radius 3 is 2.43 bits per heavy atom. The molecule has 0 aliphatic carbocycles. The highest BCUT2D eigenvalue weighted by molar-refractivity contribution is 5.57. The van der Waals surface area contributed by atoms with Crippen molar-refractivity contribution in [1.82, 2.24) is 0 Å². The van der Waals surface area contributed by atoms with Crippen molar-refractivity contribution in [2.45, 2.75) is 51.1 Å². The zero-order chi connectivity index (χ0) is 16.0. The summed E-state index contributed by atoms with van der Waals surface area (Å²) in [6.07, 6.45) is -4.09. The first-order valence-electron chi connectivity index (χ1n) is 6.70. The number of anilines is 1. The lowest BCUT2D eigenvalue weighted by molar-refractivity contribution is -0.137. The van der Waals surface area contributed by atoms with Gasteiger partial charge < -0.3 is 10.0 Å². The van der Waals surface area contributed by atoms with Gasteiger partial charge in [0.25, 0.3) is 0 Å². The number of rotatable bonds is 1. The van der Waals surface area contributed by atoms with E-state index in [1.807, 2.05) is 6.92 Å². The maximum Gasteiger partial charge on any atom is 0.417 e. The Hall–Kier alpha value is -1.74. The van der Waals surface area contributed by atoms with E-state index < -0.39 is 22.9 Å². The lowest BCUT2D eigenvalue weighted by Crippen LogP contribution is -2.41. The molecular weight excluding hydrogens is 281 g/mol. The Morgan fingerprint density at radius 2 is 2.00 bits per heavy atom. The van der Waals surface area contributed by atoms with Gasteiger partial charge in [-0.3, -0.25) is 0 Å². The molecule has 0 bridgehead atoms. The molecule has 2 rings (SSSR count). The van der Waals surface area contributed by atoms with Crippen LogP contribution in [0.1, 0.15) is 38.3 Å². The van der Waals surface area contributed by atoms with Gasteiger partial charge in [0, 0.05) is 11.7 Å². The largest absolute Gasteiger partial charge is 0.417 e. The molecule has 1 aromatic carbocycles. The maximum atomic E-state index is 13.0. The molecule has 114 valence electrons. The van der Waals surface area contributed by atoms with Crippen LogP contribution in [0.5, 0.6) is 0 Å². The van der Waals surface area contributed by atoms with Crippen LogP contribution in [0, 0.1) is 11.3 Å². The number of hydrogen-bond donors (Lipinski definition) is 1. The second-order valence-corrected chi connectivity index (χ2v) is 5.83. The number of hydrogen-bond acceptors (Lipinski definition) is 3. The van der Waals surface area contributed by atoms with Crippen molar-refractivity contribution in [3.8, 4) is 6.07 Å². The zero-order valence-electron chi connectivity index (χ0n) is 12.1. The zero-order valence-corrected chi connectivity index (χ0v) is 12.1. The van der Waals surface area contributed by atoms with E-state index in [1.165, 1.54) is 12.1 Å². The number of alkyl halides is 3. The smallest absolute Gasteiger partial charge is 0.388 e. The van der Waals surface area contributed by atoms with Gasteiger partial charge in [-0.25, -0.2) is 0 Å². The molecular formula is C15H17F3N2O. The normalized spacial score (nSPS) is 29.5. The van der Waals surface area contributed by atoms with Gasteiger partial charge in [0.05, 0.1) is 28.8 Å². The van der Waals surface area contributed by atoms with E-state index in [2.05, 4.69) is 0 Å². The molecule has 1 N–H and O–H groups in total. The van der Waals surface area contributed by atoms with E-state index in [0.29, 0.717) is 12.1 Å². The first-order valence-corrected chi connectivity index (χ1v) is 6.70. The summed E-state index contributed by atoms with van der Waals surface area (Å²) in [5.41, 5.74) is -1.91. The Morgan fingerprint density at radius 1 is 1.38 bits per heavy atom. The van der Waals surface area contributed by atoms with E-state index >= 15 is 0 Å². The minimum atomic E-state index is -4.57. The molecule has 0 radical (unpaired) electrons. The molecule has 1 saturated heterocycles. The molecule has 0 unspecified atom stereocenters. The average molecular weight is 298 g/mol. The molecule has 0 amide bonds. The lowest BCUT2D eigenvalue weighted by Gasteiger charge is -2.32. The van der Waals surface area contributed by atoms with Gasteiger partial charge in [-0.2, -0.15) is 18.4 Å². The summed E-state index contributed by atoms with van der Waals surface area (Å²) in [6, 6.07) is 4.87. The van der Waals surface area contributed by atoms with Gasteiger partial charge in [0.2, 0.25) is 0 Å². The van der Waals surface area contributed by atoms with Crippen LogP contribution >= 0.6 is 0 Å². The van der Waals surface area contributed by atoms with Gasteiger partial charge in [-0.05, 0) is 45.4 Å². The second kappa shape index (κ2) is 4.92. The number of nitrogens with zero attached hydrogens (tertiary/aromatic N) is 2. The minimum absolute atomic E-state index is 0.0796. The van der Waals surface area contributed by atoms with Crippen LogP contribution in [-0.2, 0) is 6.18 Å². The second-order valence-electron chi connectivity index (χ2n) is 5.83. The molecule has 6 heteroatoms. The predicted octanol–water partition coefficient (Wildman–Crippen LogP) is 3.32. The van der Waals surface area contributed by atoms with Crippen LogP contribution in [0.3, 0.4) is 0 Å². The predicted molar refractivity (Wildman–Crippen MR) is 72.8 cm³/mol. The van der Waals surface area contributed by atoms with Crippen molar-refractivity contribution >= 4 is 5.69 Å². The molecule has 1 aromatic rings. The summed E-state index contributed by atoms with van der Waals surface area (Å²) in [5.74, 6) is 0. The molecule has 1 heterocycles. The summed E-state index contributed by atoms with van der Waals surface area (Å²) in [6.45, 7) is 5.33. The first kappa shape index (κ1) is 15.6. The standard InChI is InChI=1S/C15H17F3N2O/c1-9-7-14(3,21)10(2)20(9)12-5-4-11(8-19)13(6-12)15(16,17)18/h4-6,9-10,21H,7H2,1-3H3/t9-,10+,14+/m1/s1. The number of aliphatic hydroxyl groups is 1. The first-order chi connectivity index (χ1) is 9.58. The molecule has 1 aliphatic rings. The number of halogens is 3. The molecule has 0 spiro atoms. The molecule has 0 aromatic heterocycles. The quantitative estimate of drug-likeness (QED) is 0.865. The topological polar surface area (TPSA) is 47.3 Å². The molecule has 0 saturated carbocycles. The third-order valence-electron chi connectivity index (χ3n) is 4.23. The van der Waals surface area contributed by atoms with Crippen molar-refractivity contribution in [3.05, 3.63) is 29.3 Å². The average Bonchev–Trinajstić information content (AvgIpc) is 2.56. The van der Waals surface area contributed by atoms with Crippen LogP contribution in [0.25, 0.3) is 0 Å². The van der Waals surface area contributed by atoms with E-state index in [0.717, 1.165) is 6.07 Å². The highest BCUT2D eigenvalue weighted by Crippen LogP contribution is 2.40. The maximum absolute atomic E-state index is 13.0. The van der Waals surface area contributed by atoms with Gasteiger partial charge >= 0.3 is 6.18 Å². The Labute approximate surface area is 121 Å². The lowest BCUT2D eigenvalue weighted by atomic mass is 9.97. The van der Waals surface area contributed by atoms with E-state index in [1.54, 1.807) is 24.8 Å². The summed E-state index contributed by atoms with van der Waals surface area (Å²) < 4.78 is 39.1. The Balaban J connectivity index is 2.50.